The van der Waals surface area contributed by atoms with Crippen molar-refractivity contribution in [1.29, 1.82) is 0 Å². The summed E-state index contributed by atoms with van der Waals surface area (Å²) in [5.74, 6) is 3.04. The molecular formula is C12H23ClN2OS. The summed E-state index contributed by atoms with van der Waals surface area (Å²) < 4.78 is 0. The number of hydrogen-bond donors (Lipinski definition) is 1. The van der Waals surface area contributed by atoms with Crippen molar-refractivity contribution in [3.63, 3.8) is 0 Å². The maximum absolute atomic E-state index is 12.1. The van der Waals surface area contributed by atoms with Crippen LogP contribution in [0.3, 0.4) is 0 Å². The molecule has 5 heteroatoms. The van der Waals surface area contributed by atoms with Gasteiger partial charge in [0.25, 0.3) is 0 Å². The third kappa shape index (κ3) is 3.76. The number of carbonyl (C=O) groups is 1. The van der Waals surface area contributed by atoms with Crippen LogP contribution in [0.2, 0.25) is 0 Å². The van der Waals surface area contributed by atoms with Crippen molar-refractivity contribution < 1.29 is 4.79 Å². The predicted molar refractivity (Wildman–Crippen MR) is 75.7 cm³/mol. The molecule has 0 aromatic carbocycles. The van der Waals surface area contributed by atoms with Crippen LogP contribution < -0.4 is 5.73 Å². The molecule has 2 N–H and O–H groups in total. The van der Waals surface area contributed by atoms with Crippen molar-refractivity contribution in [3.05, 3.63) is 0 Å². The number of nitrogens with zero attached hydrogens (tertiary/aromatic N) is 1. The average molecular weight is 279 g/mol. The summed E-state index contributed by atoms with van der Waals surface area (Å²) >= 11 is 1.95. The molecule has 3 nitrogen and oxygen atoms in total. The lowest BCUT2D eigenvalue weighted by molar-refractivity contribution is -0.132. The van der Waals surface area contributed by atoms with Crippen LogP contribution in [0.4, 0.5) is 0 Å². The van der Waals surface area contributed by atoms with E-state index >= 15 is 0 Å². The lowest BCUT2D eigenvalue weighted by Gasteiger charge is -2.26. The zero-order valence-electron chi connectivity index (χ0n) is 10.4. The van der Waals surface area contributed by atoms with Crippen LogP contribution in [-0.4, -0.2) is 41.4 Å². The molecule has 2 fully saturated rings. The molecular weight excluding hydrogens is 256 g/mol. The minimum Gasteiger partial charge on any atom is -0.342 e. The van der Waals surface area contributed by atoms with Gasteiger partial charge < -0.3 is 10.6 Å². The summed E-state index contributed by atoms with van der Waals surface area (Å²) in [6.07, 6.45) is 5.26. The topological polar surface area (TPSA) is 46.3 Å². The lowest BCUT2D eigenvalue weighted by Crippen LogP contribution is -2.39. The molecule has 1 aliphatic heterocycles. The molecule has 1 unspecified atom stereocenters. The molecule has 2 rings (SSSR count). The van der Waals surface area contributed by atoms with E-state index in [0.717, 1.165) is 25.0 Å². The minimum atomic E-state index is 0. The molecule has 100 valence electrons. The van der Waals surface area contributed by atoms with Crippen LogP contribution in [0.1, 0.15) is 32.1 Å². The van der Waals surface area contributed by atoms with E-state index in [0.29, 0.717) is 24.3 Å². The highest BCUT2D eigenvalue weighted by atomic mass is 35.5. The summed E-state index contributed by atoms with van der Waals surface area (Å²) in [4.78, 5) is 14.1. The number of rotatable bonds is 3. The highest BCUT2D eigenvalue weighted by Gasteiger charge is 2.30. The van der Waals surface area contributed by atoms with Gasteiger partial charge in [0.1, 0.15) is 0 Å². The molecule has 0 radical (unpaired) electrons. The molecule has 17 heavy (non-hydrogen) atoms. The maximum Gasteiger partial charge on any atom is 0.222 e. The van der Waals surface area contributed by atoms with Gasteiger partial charge in [-0.25, -0.2) is 0 Å². The minimum absolute atomic E-state index is 0. The number of hydrogen-bond acceptors (Lipinski definition) is 3. The zero-order chi connectivity index (χ0) is 11.5. The molecule has 1 saturated heterocycles. The van der Waals surface area contributed by atoms with Gasteiger partial charge >= 0.3 is 0 Å². The Labute approximate surface area is 114 Å². The Kier molecular flexibility index (Phi) is 6.10. The lowest BCUT2D eigenvalue weighted by atomic mass is 9.99. The Morgan fingerprint density at radius 3 is 2.71 bits per heavy atom. The second-order valence-corrected chi connectivity index (χ2v) is 6.23. The van der Waals surface area contributed by atoms with Crippen LogP contribution in [0.5, 0.6) is 0 Å². The van der Waals surface area contributed by atoms with Crippen LogP contribution in [0, 0.1) is 5.92 Å². The fraction of sp³-hybridized carbons (Fsp3) is 0.917. The molecule has 1 aliphatic carbocycles. The third-order valence-corrected chi connectivity index (χ3v) is 5.15. The largest absolute Gasteiger partial charge is 0.342 e. The quantitative estimate of drug-likeness (QED) is 0.858. The Morgan fingerprint density at radius 1 is 1.41 bits per heavy atom. The van der Waals surface area contributed by atoms with Crippen molar-refractivity contribution in [2.45, 2.75) is 44.2 Å². The molecule has 3 atom stereocenters. The molecule has 0 bridgehead atoms. The van der Waals surface area contributed by atoms with E-state index in [4.69, 9.17) is 5.73 Å². The van der Waals surface area contributed by atoms with Crippen molar-refractivity contribution in [2.24, 2.45) is 11.7 Å². The Bertz CT molecular complexity index is 259. The van der Waals surface area contributed by atoms with Crippen LogP contribution in [0.25, 0.3) is 0 Å². The van der Waals surface area contributed by atoms with Crippen LogP contribution in [-0.2, 0) is 4.79 Å². The molecule has 1 saturated carbocycles. The molecule has 2 aliphatic rings. The molecule has 0 spiro atoms. The smallest absolute Gasteiger partial charge is 0.222 e. The SMILES string of the molecule is CN(C(=O)C[C@@H]1CCC[C@H]1N)C1CCSC1.Cl. The van der Waals surface area contributed by atoms with E-state index in [1.165, 1.54) is 12.2 Å². The Hall–Kier alpha value is 0.0700. The van der Waals surface area contributed by atoms with Gasteiger partial charge in [-0.2, -0.15) is 11.8 Å². The van der Waals surface area contributed by atoms with E-state index in [-0.39, 0.29) is 18.4 Å². The predicted octanol–water partition coefficient (Wildman–Crippen LogP) is 1.89. The van der Waals surface area contributed by atoms with Crippen molar-refractivity contribution >= 4 is 30.1 Å². The molecule has 1 amide bonds. The first-order valence-corrected chi connectivity index (χ1v) is 7.43. The number of nitrogens with two attached hydrogens (primary N) is 1. The van der Waals surface area contributed by atoms with Crippen LogP contribution >= 0.6 is 24.2 Å². The van der Waals surface area contributed by atoms with E-state index in [1.807, 2.05) is 23.7 Å². The molecule has 1 heterocycles. The monoisotopic (exact) mass is 278 g/mol. The zero-order valence-corrected chi connectivity index (χ0v) is 12.1. The fourth-order valence-electron chi connectivity index (χ4n) is 2.72. The summed E-state index contributed by atoms with van der Waals surface area (Å²) in [5, 5.41) is 0. The van der Waals surface area contributed by atoms with Gasteiger partial charge in [0.2, 0.25) is 5.91 Å². The first kappa shape index (κ1) is 15.1. The Balaban J connectivity index is 0.00000144. The second-order valence-electron chi connectivity index (χ2n) is 5.08. The van der Waals surface area contributed by atoms with Crippen LogP contribution in [0.15, 0.2) is 0 Å². The van der Waals surface area contributed by atoms with Crippen molar-refractivity contribution in [3.8, 4) is 0 Å². The standard InChI is InChI=1S/C12H22N2OS.ClH/c1-14(10-5-6-16-8-10)12(15)7-9-3-2-4-11(9)13;/h9-11H,2-8,13H2,1H3;1H/t9-,10?,11+;/m0./s1. The summed E-state index contributed by atoms with van der Waals surface area (Å²) in [7, 11) is 1.96. The van der Waals surface area contributed by atoms with Gasteiger partial charge in [0, 0.05) is 31.3 Å². The normalized spacial score (nSPS) is 32.2. The van der Waals surface area contributed by atoms with E-state index in [1.54, 1.807) is 0 Å². The average Bonchev–Trinajstić information content (AvgIpc) is 2.89. The van der Waals surface area contributed by atoms with Gasteiger partial charge in [0.15, 0.2) is 0 Å². The van der Waals surface area contributed by atoms with Gasteiger partial charge in [-0.3, -0.25) is 4.79 Å². The highest BCUT2D eigenvalue weighted by molar-refractivity contribution is 7.99. The third-order valence-electron chi connectivity index (χ3n) is 4.00. The number of thioether (sulfide) groups is 1. The fourth-order valence-corrected chi connectivity index (χ4v) is 3.99. The van der Waals surface area contributed by atoms with E-state index in [2.05, 4.69) is 0 Å². The number of halogens is 1. The van der Waals surface area contributed by atoms with Gasteiger partial charge in [0.05, 0.1) is 0 Å². The molecule has 0 aromatic heterocycles. The summed E-state index contributed by atoms with van der Waals surface area (Å²) in [6.45, 7) is 0. The second kappa shape index (κ2) is 6.86. The van der Waals surface area contributed by atoms with Gasteiger partial charge in [-0.1, -0.05) is 6.42 Å². The summed E-state index contributed by atoms with van der Waals surface area (Å²) in [6, 6.07) is 0.727. The van der Waals surface area contributed by atoms with Gasteiger partial charge in [-0.15, -0.1) is 12.4 Å². The van der Waals surface area contributed by atoms with E-state index < -0.39 is 0 Å². The first-order valence-electron chi connectivity index (χ1n) is 6.27. The number of carbonyl (C=O) groups excluding carboxylic acids is 1. The van der Waals surface area contributed by atoms with Crippen molar-refractivity contribution in [1.82, 2.24) is 4.90 Å². The summed E-state index contributed by atoms with van der Waals surface area (Å²) in [5.41, 5.74) is 6.01. The van der Waals surface area contributed by atoms with E-state index in [9.17, 15) is 4.79 Å². The molecule has 0 aromatic rings. The first-order chi connectivity index (χ1) is 7.68. The highest BCUT2D eigenvalue weighted by Crippen LogP contribution is 2.28. The van der Waals surface area contributed by atoms with Crippen molar-refractivity contribution in [2.75, 3.05) is 18.6 Å². The number of amides is 1. The maximum atomic E-state index is 12.1. The Morgan fingerprint density at radius 2 is 2.18 bits per heavy atom. The van der Waals surface area contributed by atoms with Gasteiger partial charge in [-0.05, 0) is 30.9 Å².